The molecule has 0 amide bonds. The number of benzene rings is 1. The van der Waals surface area contributed by atoms with E-state index in [1.54, 1.807) is 14.2 Å². The summed E-state index contributed by atoms with van der Waals surface area (Å²) >= 11 is 0. The van der Waals surface area contributed by atoms with Crippen molar-refractivity contribution < 1.29 is 9.47 Å². The lowest BCUT2D eigenvalue weighted by molar-refractivity contribution is 0.0814. The maximum Gasteiger partial charge on any atom is 0.141 e. The summed E-state index contributed by atoms with van der Waals surface area (Å²) in [6, 6.07) is 11.5. The fraction of sp³-hybridized carbons (Fsp3) is 0.208. The van der Waals surface area contributed by atoms with E-state index < -0.39 is 0 Å². The highest BCUT2D eigenvalue weighted by Crippen LogP contribution is 2.27. The van der Waals surface area contributed by atoms with E-state index in [0.29, 0.717) is 11.5 Å². The number of hydrogen-bond donors (Lipinski definition) is 3. The van der Waals surface area contributed by atoms with E-state index in [2.05, 4.69) is 34.0 Å². The van der Waals surface area contributed by atoms with Gasteiger partial charge in [0.05, 0.1) is 30.2 Å². The van der Waals surface area contributed by atoms with Gasteiger partial charge in [0.2, 0.25) is 0 Å². The third-order valence-corrected chi connectivity index (χ3v) is 5.19. The fourth-order valence-electron chi connectivity index (χ4n) is 3.48. The number of ether oxygens (including phenoxy) is 2. The van der Waals surface area contributed by atoms with E-state index in [-0.39, 0.29) is 12.0 Å². The minimum Gasteiger partial charge on any atom is -0.501 e. The number of allylic oxidation sites excluding steroid dienone is 2. The molecule has 0 saturated carbocycles. The molecule has 3 aromatic rings. The number of rotatable bonds is 4. The van der Waals surface area contributed by atoms with Crippen LogP contribution in [0.2, 0.25) is 0 Å². The number of nitrogens with zero attached hydrogens (tertiary/aromatic N) is 1. The molecule has 4 rings (SSSR count). The molecule has 152 valence electrons. The summed E-state index contributed by atoms with van der Waals surface area (Å²) in [7, 11) is 3.37. The van der Waals surface area contributed by atoms with Crippen molar-refractivity contribution in [1.82, 2.24) is 9.97 Å². The third kappa shape index (κ3) is 3.88. The molecule has 2 aromatic heterocycles. The first-order chi connectivity index (χ1) is 14.6. The van der Waals surface area contributed by atoms with Crippen molar-refractivity contribution in [2.75, 3.05) is 25.3 Å². The Hall–Kier alpha value is -3.69. The highest BCUT2D eigenvalue weighted by Gasteiger charge is 2.23. The number of H-pyrrole nitrogens is 1. The molecule has 0 spiro atoms. The number of aromatic amines is 1. The largest absolute Gasteiger partial charge is 0.501 e. The van der Waals surface area contributed by atoms with Gasteiger partial charge in [-0.05, 0) is 36.4 Å². The van der Waals surface area contributed by atoms with Gasteiger partial charge in [0.25, 0.3) is 0 Å². The fourth-order valence-corrected chi connectivity index (χ4v) is 3.48. The van der Waals surface area contributed by atoms with Gasteiger partial charge in [0, 0.05) is 30.2 Å². The van der Waals surface area contributed by atoms with Gasteiger partial charge < -0.3 is 25.5 Å². The number of nitrogens with two attached hydrogens (primary N) is 1. The predicted octanol–water partition coefficient (Wildman–Crippen LogP) is 4.36. The van der Waals surface area contributed by atoms with Crippen molar-refractivity contribution in [2.24, 2.45) is 5.92 Å². The molecule has 0 radical (unpaired) electrons. The third-order valence-electron chi connectivity index (χ3n) is 5.19. The van der Waals surface area contributed by atoms with Crippen LogP contribution in [0.1, 0.15) is 12.5 Å². The van der Waals surface area contributed by atoms with Gasteiger partial charge in [0.15, 0.2) is 0 Å². The van der Waals surface area contributed by atoms with Crippen LogP contribution in [0.4, 0.5) is 17.2 Å². The average Bonchev–Trinajstić information content (AvgIpc) is 3.17. The van der Waals surface area contributed by atoms with E-state index in [1.165, 1.54) is 0 Å². The Labute approximate surface area is 175 Å². The summed E-state index contributed by atoms with van der Waals surface area (Å²) in [5, 5.41) is 4.20. The van der Waals surface area contributed by atoms with Crippen molar-refractivity contribution in [3.8, 4) is 11.8 Å². The van der Waals surface area contributed by atoms with Gasteiger partial charge in [-0.15, -0.1) is 0 Å². The Balaban J connectivity index is 1.60. The Kier molecular flexibility index (Phi) is 5.46. The Bertz CT molecular complexity index is 1200. The Morgan fingerprint density at radius 1 is 1.13 bits per heavy atom. The van der Waals surface area contributed by atoms with Crippen LogP contribution >= 0.6 is 0 Å². The molecule has 2 unspecified atom stereocenters. The van der Waals surface area contributed by atoms with Crippen molar-refractivity contribution in [1.29, 1.82) is 0 Å². The predicted molar refractivity (Wildman–Crippen MR) is 120 cm³/mol. The summed E-state index contributed by atoms with van der Waals surface area (Å²) in [6.07, 6.45) is 5.80. The van der Waals surface area contributed by atoms with E-state index in [4.69, 9.17) is 15.2 Å². The summed E-state index contributed by atoms with van der Waals surface area (Å²) in [5.41, 5.74) is 10.0. The molecule has 0 bridgehead atoms. The molecule has 1 aliphatic rings. The van der Waals surface area contributed by atoms with Crippen LogP contribution < -0.4 is 11.1 Å². The summed E-state index contributed by atoms with van der Waals surface area (Å²) in [6.45, 7) is 2.07. The van der Waals surface area contributed by atoms with Crippen molar-refractivity contribution in [3.05, 3.63) is 71.6 Å². The quantitative estimate of drug-likeness (QED) is 0.448. The van der Waals surface area contributed by atoms with E-state index >= 15 is 0 Å². The molecule has 4 N–H and O–H groups in total. The lowest BCUT2D eigenvalue weighted by Gasteiger charge is -2.25. The molecule has 2 atom stereocenters. The topological polar surface area (TPSA) is 85.2 Å². The summed E-state index contributed by atoms with van der Waals surface area (Å²) in [5.74, 6) is 8.19. The number of pyridine rings is 1. The van der Waals surface area contributed by atoms with Crippen molar-refractivity contribution in [2.45, 2.75) is 13.0 Å². The van der Waals surface area contributed by atoms with Gasteiger partial charge in [-0.3, -0.25) is 0 Å². The zero-order chi connectivity index (χ0) is 21.1. The van der Waals surface area contributed by atoms with Crippen LogP contribution in [0.3, 0.4) is 0 Å². The number of anilines is 3. The van der Waals surface area contributed by atoms with Crippen LogP contribution in [0.5, 0.6) is 0 Å². The first-order valence-electron chi connectivity index (χ1n) is 9.71. The SMILES string of the molecule is COC1=CC(C#Cc2c[nH]c3nc(Nc4ccccc4N)ccc23)=CC(OC)C1C. The molecule has 1 aromatic carbocycles. The minimum absolute atomic E-state index is 0.0575. The monoisotopic (exact) mass is 400 g/mol. The first-order valence-corrected chi connectivity index (χ1v) is 9.71. The van der Waals surface area contributed by atoms with Gasteiger partial charge in [-0.1, -0.05) is 30.9 Å². The molecular weight excluding hydrogens is 376 g/mol. The second-order valence-corrected chi connectivity index (χ2v) is 7.12. The zero-order valence-electron chi connectivity index (χ0n) is 17.2. The zero-order valence-corrected chi connectivity index (χ0v) is 17.2. The normalized spacial score (nSPS) is 18.2. The molecule has 0 saturated heterocycles. The molecule has 30 heavy (non-hydrogen) atoms. The molecular formula is C24H24N4O2. The molecule has 0 aliphatic heterocycles. The number of para-hydroxylation sites is 2. The van der Waals surface area contributed by atoms with Crippen LogP contribution in [0.25, 0.3) is 11.0 Å². The Morgan fingerprint density at radius 3 is 2.73 bits per heavy atom. The number of fused-ring (bicyclic) bond motifs is 1. The molecule has 6 heteroatoms. The smallest absolute Gasteiger partial charge is 0.141 e. The van der Waals surface area contributed by atoms with E-state index in [0.717, 1.165) is 33.6 Å². The van der Waals surface area contributed by atoms with Gasteiger partial charge in [-0.25, -0.2) is 4.98 Å². The number of aromatic nitrogens is 2. The maximum absolute atomic E-state index is 6.00. The Morgan fingerprint density at radius 2 is 1.97 bits per heavy atom. The number of nitrogens with one attached hydrogen (secondary N) is 2. The highest BCUT2D eigenvalue weighted by atomic mass is 16.5. The van der Waals surface area contributed by atoms with Crippen LogP contribution in [-0.4, -0.2) is 30.3 Å². The number of hydrogen-bond acceptors (Lipinski definition) is 5. The maximum atomic E-state index is 6.00. The van der Waals surface area contributed by atoms with Crippen molar-refractivity contribution >= 4 is 28.2 Å². The van der Waals surface area contributed by atoms with Gasteiger partial charge in [-0.2, -0.15) is 0 Å². The standard InChI is InChI=1S/C24H24N4O2/c1-15-21(29-2)12-16(13-22(15)30-3)8-9-17-14-26-24-18(17)10-11-23(28-24)27-20-7-5-4-6-19(20)25/h4-7,10-15,21H,25H2,1-3H3,(H2,26,27,28). The van der Waals surface area contributed by atoms with Gasteiger partial charge >= 0.3 is 0 Å². The highest BCUT2D eigenvalue weighted by molar-refractivity contribution is 5.85. The second-order valence-electron chi connectivity index (χ2n) is 7.12. The summed E-state index contributed by atoms with van der Waals surface area (Å²) < 4.78 is 11.0. The van der Waals surface area contributed by atoms with Gasteiger partial charge in [0.1, 0.15) is 17.2 Å². The second kappa shape index (κ2) is 8.36. The van der Waals surface area contributed by atoms with E-state index in [9.17, 15) is 0 Å². The average molecular weight is 400 g/mol. The minimum atomic E-state index is -0.0575. The number of methoxy groups -OCH3 is 2. The van der Waals surface area contributed by atoms with Crippen LogP contribution in [-0.2, 0) is 9.47 Å². The van der Waals surface area contributed by atoms with Crippen molar-refractivity contribution in [3.63, 3.8) is 0 Å². The molecule has 6 nitrogen and oxygen atoms in total. The molecule has 2 heterocycles. The number of nitrogen functional groups attached to an aromatic ring is 1. The first kappa shape index (κ1) is 19.6. The lowest BCUT2D eigenvalue weighted by atomic mass is 9.93. The van der Waals surface area contributed by atoms with Crippen LogP contribution in [0.15, 0.2) is 66.1 Å². The summed E-state index contributed by atoms with van der Waals surface area (Å²) in [4.78, 5) is 7.83. The lowest BCUT2D eigenvalue weighted by Crippen LogP contribution is -2.23. The molecule has 1 aliphatic carbocycles. The van der Waals surface area contributed by atoms with E-state index in [1.807, 2.05) is 54.7 Å². The van der Waals surface area contributed by atoms with Crippen LogP contribution in [0, 0.1) is 17.8 Å². The molecule has 0 fully saturated rings.